The van der Waals surface area contributed by atoms with Crippen LogP contribution in [0.15, 0.2) is 0 Å². The number of nitrogens with zero attached hydrogens (tertiary/aromatic N) is 1. The highest BCUT2D eigenvalue weighted by atomic mass is 16.5. The van der Waals surface area contributed by atoms with Gasteiger partial charge in [0.05, 0.1) is 5.60 Å². The SMILES string of the molecule is CO[C@@]1(C)C[C@@H](N(C)C(=O)CC2(N)CCC2)C1(C)C. The molecule has 2 N–H and O–H groups in total. The minimum absolute atomic E-state index is 0.0203. The molecule has 0 bridgehead atoms. The first kappa shape index (κ1) is 14.8. The van der Waals surface area contributed by atoms with Gasteiger partial charge in [0.2, 0.25) is 5.91 Å². The minimum Gasteiger partial charge on any atom is -0.378 e. The van der Waals surface area contributed by atoms with Gasteiger partial charge in [-0.25, -0.2) is 0 Å². The molecule has 2 saturated carbocycles. The van der Waals surface area contributed by atoms with Crippen LogP contribution in [0.4, 0.5) is 0 Å². The molecule has 0 saturated heterocycles. The molecule has 0 radical (unpaired) electrons. The first-order valence-corrected chi connectivity index (χ1v) is 7.25. The number of methoxy groups -OCH3 is 1. The van der Waals surface area contributed by atoms with Crippen LogP contribution in [-0.2, 0) is 9.53 Å². The Kier molecular flexibility index (Phi) is 3.47. The van der Waals surface area contributed by atoms with Crippen molar-refractivity contribution in [3.63, 3.8) is 0 Å². The molecule has 2 aliphatic carbocycles. The summed E-state index contributed by atoms with van der Waals surface area (Å²) in [4.78, 5) is 14.3. The summed E-state index contributed by atoms with van der Waals surface area (Å²) < 4.78 is 5.62. The summed E-state index contributed by atoms with van der Waals surface area (Å²) in [5.41, 5.74) is 5.79. The van der Waals surface area contributed by atoms with Crippen molar-refractivity contribution in [2.24, 2.45) is 11.1 Å². The zero-order valence-corrected chi connectivity index (χ0v) is 13.0. The van der Waals surface area contributed by atoms with Gasteiger partial charge < -0.3 is 15.4 Å². The Balaban J connectivity index is 1.98. The average molecular weight is 268 g/mol. The fourth-order valence-electron chi connectivity index (χ4n) is 3.48. The van der Waals surface area contributed by atoms with Crippen molar-refractivity contribution < 1.29 is 9.53 Å². The van der Waals surface area contributed by atoms with Gasteiger partial charge in [0.15, 0.2) is 0 Å². The van der Waals surface area contributed by atoms with Crippen molar-refractivity contribution in [3.8, 4) is 0 Å². The molecule has 0 unspecified atom stereocenters. The van der Waals surface area contributed by atoms with Crippen LogP contribution in [0.1, 0.15) is 52.9 Å². The second-order valence-electron chi connectivity index (χ2n) is 7.27. The third-order valence-corrected chi connectivity index (χ3v) is 5.94. The molecule has 0 aliphatic heterocycles. The first-order chi connectivity index (χ1) is 8.65. The van der Waals surface area contributed by atoms with Gasteiger partial charge in [0.1, 0.15) is 0 Å². The van der Waals surface area contributed by atoms with Crippen molar-refractivity contribution in [3.05, 3.63) is 0 Å². The second kappa shape index (κ2) is 4.45. The van der Waals surface area contributed by atoms with Crippen LogP contribution >= 0.6 is 0 Å². The maximum Gasteiger partial charge on any atom is 0.224 e. The summed E-state index contributed by atoms with van der Waals surface area (Å²) in [6.45, 7) is 6.48. The summed E-state index contributed by atoms with van der Waals surface area (Å²) in [5, 5.41) is 0. The van der Waals surface area contributed by atoms with E-state index < -0.39 is 0 Å². The number of hydrogen-bond donors (Lipinski definition) is 1. The van der Waals surface area contributed by atoms with Gasteiger partial charge in [-0.1, -0.05) is 13.8 Å². The Morgan fingerprint density at radius 1 is 1.37 bits per heavy atom. The Hall–Kier alpha value is -0.610. The Labute approximate surface area is 116 Å². The number of rotatable bonds is 4. The first-order valence-electron chi connectivity index (χ1n) is 7.25. The van der Waals surface area contributed by atoms with Crippen molar-refractivity contribution >= 4 is 5.91 Å². The third-order valence-electron chi connectivity index (χ3n) is 5.94. The standard InChI is InChI=1S/C15H28N2O2/c1-13(2)11(9-14(13,3)19-5)17(4)12(18)10-15(16)7-6-8-15/h11H,6-10,16H2,1-5H3/t11-,14+/m1/s1. The number of ether oxygens (including phenoxy) is 1. The zero-order chi connectivity index (χ0) is 14.5. The zero-order valence-electron chi connectivity index (χ0n) is 13.0. The topological polar surface area (TPSA) is 55.6 Å². The van der Waals surface area contributed by atoms with Crippen molar-refractivity contribution in [2.75, 3.05) is 14.2 Å². The van der Waals surface area contributed by atoms with Crippen LogP contribution in [0, 0.1) is 5.41 Å². The van der Waals surface area contributed by atoms with Crippen molar-refractivity contribution in [1.29, 1.82) is 0 Å². The highest BCUT2D eigenvalue weighted by Gasteiger charge is 2.60. The van der Waals surface area contributed by atoms with E-state index in [1.807, 2.05) is 11.9 Å². The van der Waals surface area contributed by atoms with Gasteiger partial charge in [-0.2, -0.15) is 0 Å². The van der Waals surface area contributed by atoms with E-state index in [9.17, 15) is 4.79 Å². The molecule has 110 valence electrons. The lowest BCUT2D eigenvalue weighted by molar-refractivity contribution is -0.207. The molecule has 4 nitrogen and oxygen atoms in total. The van der Waals surface area contributed by atoms with E-state index in [2.05, 4.69) is 20.8 Å². The van der Waals surface area contributed by atoms with Gasteiger partial charge in [-0.05, 0) is 32.6 Å². The van der Waals surface area contributed by atoms with E-state index in [-0.39, 0.29) is 28.5 Å². The van der Waals surface area contributed by atoms with E-state index in [0.717, 1.165) is 25.7 Å². The number of carbonyl (C=O) groups excluding carboxylic acids is 1. The lowest BCUT2D eigenvalue weighted by Gasteiger charge is -2.61. The summed E-state index contributed by atoms with van der Waals surface area (Å²) in [5.74, 6) is 0.179. The summed E-state index contributed by atoms with van der Waals surface area (Å²) in [6, 6.07) is 0.244. The molecular weight excluding hydrogens is 240 g/mol. The van der Waals surface area contributed by atoms with Crippen LogP contribution < -0.4 is 5.73 Å². The van der Waals surface area contributed by atoms with E-state index in [1.165, 1.54) is 0 Å². The highest BCUT2D eigenvalue weighted by molar-refractivity contribution is 5.78. The Morgan fingerprint density at radius 2 is 1.95 bits per heavy atom. The monoisotopic (exact) mass is 268 g/mol. The van der Waals surface area contributed by atoms with Crippen LogP contribution in [0.3, 0.4) is 0 Å². The van der Waals surface area contributed by atoms with Gasteiger partial charge in [-0.3, -0.25) is 4.79 Å². The summed E-state index contributed by atoms with van der Waals surface area (Å²) in [7, 11) is 3.66. The minimum atomic E-state index is -0.232. The highest BCUT2D eigenvalue weighted by Crippen LogP contribution is 2.53. The van der Waals surface area contributed by atoms with Crippen LogP contribution in [0.25, 0.3) is 0 Å². The molecule has 2 aliphatic rings. The van der Waals surface area contributed by atoms with Gasteiger partial charge in [0.25, 0.3) is 0 Å². The summed E-state index contributed by atoms with van der Waals surface area (Å²) in [6.07, 6.45) is 4.51. The molecular formula is C15H28N2O2. The van der Waals surface area contributed by atoms with E-state index in [4.69, 9.17) is 10.5 Å². The van der Waals surface area contributed by atoms with Crippen LogP contribution in [0.2, 0.25) is 0 Å². The summed E-state index contributed by atoms with van der Waals surface area (Å²) >= 11 is 0. The molecule has 0 spiro atoms. The molecule has 0 aromatic heterocycles. The van der Waals surface area contributed by atoms with Crippen LogP contribution in [-0.4, -0.2) is 42.1 Å². The number of amides is 1. The molecule has 0 aromatic carbocycles. The van der Waals surface area contributed by atoms with Gasteiger partial charge in [0, 0.05) is 37.6 Å². The Morgan fingerprint density at radius 3 is 2.32 bits per heavy atom. The van der Waals surface area contributed by atoms with Crippen LogP contribution in [0.5, 0.6) is 0 Å². The maximum absolute atomic E-state index is 12.4. The lowest BCUT2D eigenvalue weighted by atomic mass is 9.55. The average Bonchev–Trinajstić information content (AvgIpc) is 2.32. The number of hydrogen-bond acceptors (Lipinski definition) is 3. The molecule has 1 amide bonds. The second-order valence-corrected chi connectivity index (χ2v) is 7.27. The number of nitrogens with two attached hydrogens (primary N) is 1. The normalized spacial score (nSPS) is 35.2. The predicted octanol–water partition coefficient (Wildman–Crippen LogP) is 1.92. The maximum atomic E-state index is 12.4. The fourth-order valence-corrected chi connectivity index (χ4v) is 3.48. The third kappa shape index (κ3) is 2.19. The molecule has 2 rings (SSSR count). The van der Waals surface area contributed by atoms with Crippen molar-refractivity contribution in [1.82, 2.24) is 4.90 Å². The predicted molar refractivity (Wildman–Crippen MR) is 75.8 cm³/mol. The molecule has 2 fully saturated rings. The fraction of sp³-hybridized carbons (Fsp3) is 0.933. The van der Waals surface area contributed by atoms with Gasteiger partial charge in [-0.15, -0.1) is 0 Å². The Bertz CT molecular complexity index is 376. The van der Waals surface area contributed by atoms with E-state index in [1.54, 1.807) is 7.11 Å². The van der Waals surface area contributed by atoms with E-state index in [0.29, 0.717) is 6.42 Å². The van der Waals surface area contributed by atoms with Gasteiger partial charge >= 0.3 is 0 Å². The molecule has 4 heteroatoms. The number of carbonyl (C=O) groups is 1. The quantitative estimate of drug-likeness (QED) is 0.847. The molecule has 19 heavy (non-hydrogen) atoms. The van der Waals surface area contributed by atoms with E-state index >= 15 is 0 Å². The van der Waals surface area contributed by atoms with Crippen molar-refractivity contribution in [2.45, 2.75) is 70.1 Å². The molecule has 0 aromatic rings. The smallest absolute Gasteiger partial charge is 0.224 e. The molecule has 2 atom stereocenters. The lowest BCUT2D eigenvalue weighted by Crippen LogP contribution is -2.69. The largest absolute Gasteiger partial charge is 0.378 e. The molecule has 0 heterocycles.